The second-order valence-corrected chi connectivity index (χ2v) is 6.35. The third kappa shape index (κ3) is 2.99. The van der Waals surface area contributed by atoms with Crippen LogP contribution < -0.4 is 0 Å². The molecule has 0 bridgehead atoms. The molecule has 0 radical (unpaired) electrons. The Hall–Kier alpha value is -3.13. The number of aryl methyl sites for hydroxylation is 2. The fourth-order valence-corrected chi connectivity index (χ4v) is 3.41. The van der Waals surface area contributed by atoms with Gasteiger partial charge >= 0.3 is 0 Å². The lowest BCUT2D eigenvalue weighted by Crippen LogP contribution is -1.98. The van der Waals surface area contributed by atoms with Gasteiger partial charge in [-0.25, -0.2) is 4.68 Å². The molecule has 0 fully saturated rings. The average Bonchev–Trinajstić information content (AvgIpc) is 3.17. The predicted octanol–water partition coefficient (Wildman–Crippen LogP) is 5.82. The molecule has 0 saturated carbocycles. The highest BCUT2D eigenvalue weighted by molar-refractivity contribution is 5.75. The molecule has 4 aromatic rings. The summed E-state index contributed by atoms with van der Waals surface area (Å²) < 4.78 is 1.91. The third-order valence-corrected chi connectivity index (χ3v) is 4.57. The molecule has 2 nitrogen and oxygen atoms in total. The lowest BCUT2D eigenvalue weighted by Gasteiger charge is -2.14. The van der Waals surface area contributed by atoms with E-state index in [-0.39, 0.29) is 0 Å². The van der Waals surface area contributed by atoms with Gasteiger partial charge in [0.25, 0.3) is 0 Å². The SMILES string of the molecule is Cc1cc(-n2cccn2)cc(C)c1-c1ccc(-c2ccccc2)cc1. The molecule has 25 heavy (non-hydrogen) atoms. The first-order chi connectivity index (χ1) is 12.2. The number of rotatable bonds is 3. The van der Waals surface area contributed by atoms with Gasteiger partial charge in [-0.3, -0.25) is 0 Å². The van der Waals surface area contributed by atoms with Crippen LogP contribution in [-0.2, 0) is 0 Å². The van der Waals surface area contributed by atoms with Gasteiger partial charge in [0.05, 0.1) is 5.69 Å². The minimum atomic E-state index is 1.10. The van der Waals surface area contributed by atoms with E-state index in [9.17, 15) is 0 Å². The van der Waals surface area contributed by atoms with Gasteiger partial charge in [0.2, 0.25) is 0 Å². The molecule has 3 aromatic carbocycles. The molecule has 0 aliphatic rings. The Morgan fingerprint density at radius 3 is 1.88 bits per heavy atom. The molecule has 0 unspecified atom stereocenters. The zero-order valence-corrected chi connectivity index (χ0v) is 14.5. The summed E-state index contributed by atoms with van der Waals surface area (Å²) in [5.74, 6) is 0. The van der Waals surface area contributed by atoms with Crippen LogP contribution in [0.4, 0.5) is 0 Å². The average molecular weight is 324 g/mol. The van der Waals surface area contributed by atoms with E-state index in [0.717, 1.165) is 5.69 Å². The molecule has 1 heterocycles. The van der Waals surface area contributed by atoms with E-state index in [2.05, 4.69) is 79.6 Å². The smallest absolute Gasteiger partial charge is 0.0651 e. The number of hydrogen-bond acceptors (Lipinski definition) is 1. The van der Waals surface area contributed by atoms with Gasteiger partial charge in [-0.05, 0) is 65.4 Å². The first-order valence-electron chi connectivity index (χ1n) is 8.49. The minimum absolute atomic E-state index is 1.10. The highest BCUT2D eigenvalue weighted by atomic mass is 15.3. The second-order valence-electron chi connectivity index (χ2n) is 6.35. The minimum Gasteiger partial charge on any atom is -0.241 e. The molecule has 0 aliphatic carbocycles. The summed E-state index contributed by atoms with van der Waals surface area (Å²) in [4.78, 5) is 0. The molecule has 4 rings (SSSR count). The Bertz CT molecular complexity index is 959. The Balaban J connectivity index is 1.72. The summed E-state index contributed by atoms with van der Waals surface area (Å²) in [7, 11) is 0. The van der Waals surface area contributed by atoms with Crippen LogP contribution in [0.15, 0.2) is 85.2 Å². The zero-order chi connectivity index (χ0) is 17.2. The van der Waals surface area contributed by atoms with Crippen molar-refractivity contribution in [2.24, 2.45) is 0 Å². The quantitative estimate of drug-likeness (QED) is 0.464. The van der Waals surface area contributed by atoms with E-state index in [1.165, 1.54) is 33.4 Å². The summed E-state index contributed by atoms with van der Waals surface area (Å²) in [6, 6.07) is 25.6. The fourth-order valence-electron chi connectivity index (χ4n) is 3.41. The summed E-state index contributed by atoms with van der Waals surface area (Å²) in [5, 5.41) is 4.33. The highest BCUT2D eigenvalue weighted by Gasteiger charge is 2.09. The van der Waals surface area contributed by atoms with Crippen LogP contribution in [0, 0.1) is 13.8 Å². The van der Waals surface area contributed by atoms with Crippen LogP contribution in [0.5, 0.6) is 0 Å². The first-order valence-corrected chi connectivity index (χ1v) is 8.49. The molecule has 2 heteroatoms. The van der Waals surface area contributed by atoms with Crippen LogP contribution >= 0.6 is 0 Å². The molecule has 0 atom stereocenters. The van der Waals surface area contributed by atoms with Gasteiger partial charge in [0, 0.05) is 12.4 Å². The number of aromatic nitrogens is 2. The van der Waals surface area contributed by atoms with Gasteiger partial charge in [-0.15, -0.1) is 0 Å². The van der Waals surface area contributed by atoms with Crippen LogP contribution in [-0.4, -0.2) is 9.78 Å². The molecule has 0 amide bonds. The molecule has 1 aromatic heterocycles. The van der Waals surface area contributed by atoms with Crippen LogP contribution in [0.3, 0.4) is 0 Å². The monoisotopic (exact) mass is 324 g/mol. The molecule has 0 spiro atoms. The van der Waals surface area contributed by atoms with Crippen molar-refractivity contribution >= 4 is 0 Å². The van der Waals surface area contributed by atoms with Gasteiger partial charge in [-0.1, -0.05) is 54.6 Å². The number of hydrogen-bond donors (Lipinski definition) is 0. The van der Waals surface area contributed by atoms with Crippen molar-refractivity contribution in [3.63, 3.8) is 0 Å². The topological polar surface area (TPSA) is 17.8 Å². The van der Waals surface area contributed by atoms with E-state index in [1.807, 2.05) is 23.0 Å². The van der Waals surface area contributed by atoms with Crippen molar-refractivity contribution in [2.45, 2.75) is 13.8 Å². The van der Waals surface area contributed by atoms with Crippen molar-refractivity contribution in [1.82, 2.24) is 9.78 Å². The normalized spacial score (nSPS) is 10.8. The maximum atomic E-state index is 4.33. The lowest BCUT2D eigenvalue weighted by atomic mass is 9.93. The van der Waals surface area contributed by atoms with Crippen molar-refractivity contribution in [1.29, 1.82) is 0 Å². The number of benzene rings is 3. The first kappa shape index (κ1) is 15.4. The summed E-state index contributed by atoms with van der Waals surface area (Å²) >= 11 is 0. The third-order valence-electron chi connectivity index (χ3n) is 4.57. The highest BCUT2D eigenvalue weighted by Crippen LogP contribution is 2.31. The van der Waals surface area contributed by atoms with Crippen molar-refractivity contribution in [3.8, 4) is 27.9 Å². The Labute approximate surface area is 148 Å². The Morgan fingerprint density at radius 2 is 1.28 bits per heavy atom. The summed E-state index contributed by atoms with van der Waals surface area (Å²) in [5.41, 5.74) is 8.67. The molecule has 0 N–H and O–H groups in total. The van der Waals surface area contributed by atoms with Crippen molar-refractivity contribution in [2.75, 3.05) is 0 Å². The van der Waals surface area contributed by atoms with Gasteiger partial charge in [0.15, 0.2) is 0 Å². The van der Waals surface area contributed by atoms with Gasteiger partial charge < -0.3 is 0 Å². The maximum Gasteiger partial charge on any atom is 0.0651 e. The van der Waals surface area contributed by atoms with E-state index < -0.39 is 0 Å². The van der Waals surface area contributed by atoms with Crippen LogP contribution in [0.1, 0.15) is 11.1 Å². The zero-order valence-electron chi connectivity index (χ0n) is 14.5. The molecular formula is C23H20N2. The lowest BCUT2D eigenvalue weighted by molar-refractivity contribution is 0.878. The summed E-state index contributed by atoms with van der Waals surface area (Å²) in [6.45, 7) is 4.33. The molecule has 0 saturated heterocycles. The predicted molar refractivity (Wildman–Crippen MR) is 104 cm³/mol. The van der Waals surface area contributed by atoms with Gasteiger partial charge in [0.1, 0.15) is 0 Å². The van der Waals surface area contributed by atoms with E-state index in [0.29, 0.717) is 0 Å². The standard InChI is InChI=1S/C23H20N2/c1-17-15-22(25-14-6-13-24-25)16-18(2)23(17)21-11-9-20(10-12-21)19-7-4-3-5-8-19/h3-16H,1-2H3. The molecular weight excluding hydrogens is 304 g/mol. The summed E-state index contributed by atoms with van der Waals surface area (Å²) in [6.07, 6.45) is 3.78. The largest absolute Gasteiger partial charge is 0.241 e. The second kappa shape index (κ2) is 6.40. The maximum absolute atomic E-state index is 4.33. The Morgan fingerprint density at radius 1 is 0.680 bits per heavy atom. The van der Waals surface area contributed by atoms with E-state index >= 15 is 0 Å². The van der Waals surface area contributed by atoms with Crippen molar-refractivity contribution in [3.05, 3.63) is 96.3 Å². The van der Waals surface area contributed by atoms with Crippen molar-refractivity contribution < 1.29 is 0 Å². The van der Waals surface area contributed by atoms with E-state index in [4.69, 9.17) is 0 Å². The Kier molecular flexibility index (Phi) is 3.95. The van der Waals surface area contributed by atoms with Crippen LogP contribution in [0.25, 0.3) is 27.9 Å². The van der Waals surface area contributed by atoms with Gasteiger partial charge in [-0.2, -0.15) is 5.10 Å². The van der Waals surface area contributed by atoms with E-state index in [1.54, 1.807) is 6.20 Å². The fraction of sp³-hybridized carbons (Fsp3) is 0.0870. The molecule has 0 aliphatic heterocycles. The number of nitrogens with zero attached hydrogens (tertiary/aromatic N) is 2. The molecule has 122 valence electrons. The van der Waals surface area contributed by atoms with Crippen LogP contribution in [0.2, 0.25) is 0 Å².